The molecule has 250 valence electrons. The molecule has 2 heteroatoms. The molecule has 2 heterocycles. The van der Waals surface area contributed by atoms with Crippen molar-refractivity contribution >= 4 is 44.0 Å². The lowest BCUT2D eigenvalue weighted by Crippen LogP contribution is -2.21. The average Bonchev–Trinajstić information content (AvgIpc) is 3.62. The van der Waals surface area contributed by atoms with Crippen molar-refractivity contribution in [3.05, 3.63) is 217 Å². The van der Waals surface area contributed by atoms with Gasteiger partial charge in [0.25, 0.3) is 0 Å². The van der Waals surface area contributed by atoms with Gasteiger partial charge in [0.15, 0.2) is 0 Å². The average molecular weight is 678 g/mol. The van der Waals surface area contributed by atoms with Gasteiger partial charge in [-0.05, 0) is 97.3 Å². The summed E-state index contributed by atoms with van der Waals surface area (Å²) in [7, 11) is 0. The van der Waals surface area contributed by atoms with Crippen LogP contribution in [0.2, 0.25) is 0 Å². The topological polar surface area (TPSA) is 25.2 Å². The zero-order valence-corrected chi connectivity index (χ0v) is 29.0. The Morgan fingerprint density at radius 3 is 1.72 bits per heavy atom. The highest BCUT2D eigenvalue weighted by Crippen LogP contribution is 2.42. The van der Waals surface area contributed by atoms with E-state index in [1.165, 1.54) is 60.9 Å². The SMILES string of the molecule is C1=C(c2ccccc2)C=C(c2ccc3c(c2)oc2cc(-c4cccc(-c5ccccc5)c4)c4ccccc4c23)NC1c1ccc(-c2ccccc2)cc1. The Morgan fingerprint density at radius 1 is 0.396 bits per heavy atom. The van der Waals surface area contributed by atoms with Crippen LogP contribution in [0.25, 0.3) is 77.4 Å². The molecule has 1 aromatic heterocycles. The minimum atomic E-state index is -0.000416. The van der Waals surface area contributed by atoms with Gasteiger partial charge in [0.1, 0.15) is 11.2 Å². The molecule has 0 spiro atoms. The molecule has 0 amide bonds. The van der Waals surface area contributed by atoms with Crippen LogP contribution in [0.5, 0.6) is 0 Å². The Morgan fingerprint density at radius 2 is 0.981 bits per heavy atom. The zero-order valence-electron chi connectivity index (χ0n) is 29.0. The van der Waals surface area contributed by atoms with E-state index in [2.05, 4.69) is 206 Å². The molecule has 0 radical (unpaired) electrons. The van der Waals surface area contributed by atoms with Gasteiger partial charge in [-0.2, -0.15) is 0 Å². The highest BCUT2D eigenvalue weighted by molar-refractivity contribution is 6.22. The van der Waals surface area contributed by atoms with E-state index in [1.54, 1.807) is 0 Å². The molecule has 1 unspecified atom stereocenters. The van der Waals surface area contributed by atoms with Gasteiger partial charge in [-0.1, -0.05) is 164 Å². The van der Waals surface area contributed by atoms with Crippen LogP contribution in [0.15, 0.2) is 205 Å². The first kappa shape index (κ1) is 30.9. The number of hydrogen-bond donors (Lipinski definition) is 1. The predicted octanol–water partition coefficient (Wildman–Crippen LogP) is 13.5. The van der Waals surface area contributed by atoms with Gasteiger partial charge < -0.3 is 9.73 Å². The Labute approximate surface area is 309 Å². The lowest BCUT2D eigenvalue weighted by atomic mass is 9.92. The maximum absolute atomic E-state index is 6.78. The van der Waals surface area contributed by atoms with Crippen molar-refractivity contribution in [1.29, 1.82) is 0 Å². The minimum Gasteiger partial charge on any atom is -0.456 e. The van der Waals surface area contributed by atoms with Crippen molar-refractivity contribution in [1.82, 2.24) is 5.32 Å². The van der Waals surface area contributed by atoms with Crippen LogP contribution < -0.4 is 5.32 Å². The van der Waals surface area contributed by atoms with Crippen molar-refractivity contribution in [3.8, 4) is 33.4 Å². The summed E-state index contributed by atoms with van der Waals surface area (Å²) in [5, 5.41) is 8.54. The van der Waals surface area contributed by atoms with Gasteiger partial charge in [-0.25, -0.2) is 0 Å². The van der Waals surface area contributed by atoms with Crippen molar-refractivity contribution < 1.29 is 4.42 Å². The maximum atomic E-state index is 6.78. The van der Waals surface area contributed by atoms with Crippen LogP contribution in [-0.2, 0) is 0 Å². The van der Waals surface area contributed by atoms with Gasteiger partial charge in [0.2, 0.25) is 0 Å². The van der Waals surface area contributed by atoms with Crippen molar-refractivity contribution in [2.75, 3.05) is 0 Å². The van der Waals surface area contributed by atoms with Gasteiger partial charge in [0.05, 0.1) is 6.04 Å². The normalized spacial score (nSPS) is 14.2. The molecule has 1 atom stereocenters. The lowest BCUT2D eigenvalue weighted by Gasteiger charge is -2.26. The summed E-state index contributed by atoms with van der Waals surface area (Å²) in [6.07, 6.45) is 4.59. The third-order valence-electron chi connectivity index (χ3n) is 10.5. The van der Waals surface area contributed by atoms with Crippen molar-refractivity contribution in [3.63, 3.8) is 0 Å². The van der Waals surface area contributed by atoms with Gasteiger partial charge in [-0.3, -0.25) is 0 Å². The summed E-state index contributed by atoms with van der Waals surface area (Å²) in [4.78, 5) is 0. The maximum Gasteiger partial charge on any atom is 0.136 e. The molecule has 0 saturated heterocycles. The second kappa shape index (κ2) is 13.0. The molecule has 53 heavy (non-hydrogen) atoms. The molecular weight excluding hydrogens is 643 g/mol. The number of fused-ring (bicyclic) bond motifs is 5. The van der Waals surface area contributed by atoms with Crippen molar-refractivity contribution in [2.24, 2.45) is 0 Å². The molecule has 1 N–H and O–H groups in total. The fourth-order valence-corrected chi connectivity index (χ4v) is 7.85. The van der Waals surface area contributed by atoms with E-state index in [1.807, 2.05) is 0 Å². The number of dihydropyridines is 1. The second-order valence-corrected chi connectivity index (χ2v) is 13.8. The van der Waals surface area contributed by atoms with Crippen LogP contribution in [0, 0.1) is 0 Å². The molecule has 9 aromatic rings. The Hall–Kier alpha value is -6.90. The fourth-order valence-electron chi connectivity index (χ4n) is 7.85. The van der Waals surface area contributed by atoms with E-state index in [9.17, 15) is 0 Å². The summed E-state index contributed by atoms with van der Waals surface area (Å²) in [5.74, 6) is 0. The molecule has 0 fully saturated rings. The first-order valence-electron chi connectivity index (χ1n) is 18.2. The Kier molecular flexibility index (Phi) is 7.58. The van der Waals surface area contributed by atoms with E-state index < -0.39 is 0 Å². The summed E-state index contributed by atoms with van der Waals surface area (Å²) < 4.78 is 6.78. The quantitative estimate of drug-likeness (QED) is 0.189. The summed E-state index contributed by atoms with van der Waals surface area (Å²) in [6.45, 7) is 0. The molecule has 2 nitrogen and oxygen atoms in total. The first-order valence-corrected chi connectivity index (χ1v) is 18.2. The third-order valence-corrected chi connectivity index (χ3v) is 10.5. The Balaban J connectivity index is 1.06. The minimum absolute atomic E-state index is 0.000416. The zero-order chi connectivity index (χ0) is 35.1. The van der Waals surface area contributed by atoms with Gasteiger partial charge >= 0.3 is 0 Å². The Bertz CT molecular complexity index is 2830. The van der Waals surface area contributed by atoms with E-state index in [-0.39, 0.29) is 6.04 Å². The number of nitrogens with one attached hydrogen (secondary N) is 1. The van der Waals surface area contributed by atoms with Crippen LogP contribution >= 0.6 is 0 Å². The van der Waals surface area contributed by atoms with Crippen molar-refractivity contribution in [2.45, 2.75) is 6.04 Å². The standard InChI is InChI=1S/C51H35NO/c1-4-13-34(14-5-1)37-23-25-38(26-24-37)47-30-42(36-17-8-3-9-18-36)31-48(52-47)41-27-28-45-49(32-41)53-50-33-46(43-21-10-11-22-44(43)51(45)50)40-20-12-19-39(29-40)35-15-6-2-7-16-35/h1-33,47,52H. The predicted molar refractivity (Wildman–Crippen MR) is 222 cm³/mol. The summed E-state index contributed by atoms with van der Waals surface area (Å²) in [5.41, 5.74) is 14.7. The molecule has 10 rings (SSSR count). The molecular formula is C51H35NO. The van der Waals surface area contributed by atoms with E-state index >= 15 is 0 Å². The number of furan rings is 1. The third kappa shape index (κ3) is 5.71. The fraction of sp³-hybridized carbons (Fsp3) is 0.0196. The highest BCUT2D eigenvalue weighted by Gasteiger charge is 2.21. The highest BCUT2D eigenvalue weighted by atomic mass is 16.3. The molecule has 1 aliphatic heterocycles. The number of hydrogen-bond acceptors (Lipinski definition) is 2. The lowest BCUT2D eigenvalue weighted by molar-refractivity contribution is 0.669. The van der Waals surface area contributed by atoms with E-state index in [0.29, 0.717) is 0 Å². The monoisotopic (exact) mass is 677 g/mol. The summed E-state index contributed by atoms with van der Waals surface area (Å²) >= 11 is 0. The van der Waals surface area contributed by atoms with E-state index in [4.69, 9.17) is 4.42 Å². The molecule has 0 saturated carbocycles. The van der Waals surface area contributed by atoms with Crippen LogP contribution in [0.1, 0.15) is 22.7 Å². The molecule has 8 aromatic carbocycles. The van der Waals surface area contributed by atoms with Crippen LogP contribution in [0.3, 0.4) is 0 Å². The first-order chi connectivity index (χ1) is 26.2. The molecule has 0 aliphatic carbocycles. The van der Waals surface area contributed by atoms with Gasteiger partial charge in [0, 0.05) is 22.0 Å². The second-order valence-electron chi connectivity index (χ2n) is 13.8. The van der Waals surface area contributed by atoms with Crippen LogP contribution in [-0.4, -0.2) is 0 Å². The van der Waals surface area contributed by atoms with Gasteiger partial charge in [-0.15, -0.1) is 0 Å². The molecule has 0 bridgehead atoms. The van der Waals surface area contributed by atoms with E-state index in [0.717, 1.165) is 33.2 Å². The summed E-state index contributed by atoms with van der Waals surface area (Å²) in [6, 6.07) is 67.1. The largest absolute Gasteiger partial charge is 0.456 e. The number of benzene rings is 8. The molecule has 1 aliphatic rings. The smallest absolute Gasteiger partial charge is 0.136 e. The number of allylic oxidation sites excluding steroid dienone is 2. The number of rotatable bonds is 6. The van der Waals surface area contributed by atoms with Crippen LogP contribution in [0.4, 0.5) is 0 Å².